The van der Waals surface area contributed by atoms with Gasteiger partial charge in [0.15, 0.2) is 0 Å². The van der Waals surface area contributed by atoms with E-state index in [0.717, 1.165) is 25.7 Å². The van der Waals surface area contributed by atoms with E-state index in [1.807, 2.05) is 0 Å². The van der Waals surface area contributed by atoms with Crippen LogP contribution in [0.5, 0.6) is 0 Å². The summed E-state index contributed by atoms with van der Waals surface area (Å²) in [5.41, 5.74) is 0.222. The number of hydrogen-bond donors (Lipinski definition) is 0. The van der Waals surface area contributed by atoms with Crippen molar-refractivity contribution >= 4 is 17.6 Å². The highest BCUT2D eigenvalue weighted by atomic mass is 35.5. The Kier molecular flexibility index (Phi) is 4.59. The van der Waals surface area contributed by atoms with E-state index in [9.17, 15) is 9.18 Å². The normalized spacial score (nSPS) is 16.6. The molecule has 2 rings (SSSR count). The predicted molar refractivity (Wildman–Crippen MR) is 68.1 cm³/mol. The Labute approximate surface area is 111 Å². The number of esters is 1. The number of benzene rings is 1. The van der Waals surface area contributed by atoms with Crippen molar-refractivity contribution in [3.05, 3.63) is 34.6 Å². The molecule has 0 aromatic heterocycles. The highest BCUT2D eigenvalue weighted by molar-refractivity contribution is 6.31. The van der Waals surface area contributed by atoms with Crippen molar-refractivity contribution in [3.63, 3.8) is 0 Å². The lowest BCUT2D eigenvalue weighted by molar-refractivity contribution is -0.149. The third-order valence-electron chi connectivity index (χ3n) is 3.23. The molecule has 0 atom stereocenters. The average Bonchev–Trinajstić information content (AvgIpc) is 2.35. The summed E-state index contributed by atoms with van der Waals surface area (Å²) in [6.45, 7) is 0. The van der Waals surface area contributed by atoms with Gasteiger partial charge in [0.2, 0.25) is 0 Å². The summed E-state index contributed by atoms with van der Waals surface area (Å²) in [7, 11) is 0. The average molecular weight is 271 g/mol. The lowest BCUT2D eigenvalue weighted by Crippen LogP contribution is -2.22. The largest absolute Gasteiger partial charge is 0.462 e. The number of halogens is 2. The van der Waals surface area contributed by atoms with E-state index >= 15 is 0 Å². The van der Waals surface area contributed by atoms with Crippen LogP contribution in [-0.4, -0.2) is 12.1 Å². The molecule has 1 aromatic rings. The first-order valence-electron chi connectivity index (χ1n) is 6.29. The zero-order chi connectivity index (χ0) is 13.0. The number of rotatable bonds is 3. The molecular formula is C14H16ClFO2. The lowest BCUT2D eigenvalue weighted by atomic mass is 9.98. The fourth-order valence-corrected chi connectivity index (χ4v) is 2.49. The summed E-state index contributed by atoms with van der Waals surface area (Å²) in [6, 6.07) is 4.40. The van der Waals surface area contributed by atoms with Crippen LogP contribution in [-0.2, 0) is 16.0 Å². The summed E-state index contributed by atoms with van der Waals surface area (Å²) in [4.78, 5) is 11.7. The number of hydrogen-bond acceptors (Lipinski definition) is 2. The van der Waals surface area contributed by atoms with E-state index < -0.39 is 11.8 Å². The third-order valence-corrected chi connectivity index (χ3v) is 3.59. The SMILES string of the molecule is O=C(Cc1c(F)cccc1Cl)OC1CCCCC1. The quantitative estimate of drug-likeness (QED) is 0.779. The first kappa shape index (κ1) is 13.3. The van der Waals surface area contributed by atoms with Crippen molar-refractivity contribution in [3.8, 4) is 0 Å². The maximum absolute atomic E-state index is 13.5. The molecule has 0 heterocycles. The van der Waals surface area contributed by atoms with Gasteiger partial charge in [0.1, 0.15) is 11.9 Å². The molecule has 0 aliphatic heterocycles. The van der Waals surface area contributed by atoms with Crippen LogP contribution in [0.4, 0.5) is 4.39 Å². The van der Waals surface area contributed by atoms with Crippen molar-refractivity contribution in [1.29, 1.82) is 0 Å². The van der Waals surface area contributed by atoms with Crippen LogP contribution >= 0.6 is 11.6 Å². The van der Waals surface area contributed by atoms with Gasteiger partial charge < -0.3 is 4.74 Å². The van der Waals surface area contributed by atoms with E-state index in [4.69, 9.17) is 16.3 Å². The van der Waals surface area contributed by atoms with Gasteiger partial charge in [0.05, 0.1) is 6.42 Å². The summed E-state index contributed by atoms with van der Waals surface area (Å²) >= 11 is 5.87. The molecule has 1 saturated carbocycles. The first-order chi connectivity index (χ1) is 8.66. The maximum atomic E-state index is 13.5. The van der Waals surface area contributed by atoms with Gasteiger partial charge in [-0.05, 0) is 37.8 Å². The Morgan fingerprint density at radius 2 is 2.06 bits per heavy atom. The smallest absolute Gasteiger partial charge is 0.310 e. The topological polar surface area (TPSA) is 26.3 Å². The molecule has 1 aliphatic rings. The van der Waals surface area contributed by atoms with Crippen molar-refractivity contribution in [2.75, 3.05) is 0 Å². The highest BCUT2D eigenvalue weighted by Crippen LogP contribution is 2.23. The van der Waals surface area contributed by atoms with Crippen LogP contribution in [0.3, 0.4) is 0 Å². The minimum Gasteiger partial charge on any atom is -0.462 e. The summed E-state index contributed by atoms with van der Waals surface area (Å²) in [5.74, 6) is -0.850. The Hall–Kier alpha value is -1.09. The molecular weight excluding hydrogens is 255 g/mol. The van der Waals surface area contributed by atoms with Gasteiger partial charge in [0, 0.05) is 10.6 Å². The molecule has 0 bridgehead atoms. The molecule has 1 aromatic carbocycles. The number of carbonyl (C=O) groups is 1. The minimum absolute atomic E-state index is 0.00296. The molecule has 2 nitrogen and oxygen atoms in total. The van der Waals surface area contributed by atoms with Gasteiger partial charge in [-0.3, -0.25) is 4.79 Å². The summed E-state index contributed by atoms with van der Waals surface area (Å²) < 4.78 is 18.8. The molecule has 0 saturated heterocycles. The Morgan fingerprint density at radius 1 is 1.33 bits per heavy atom. The third kappa shape index (κ3) is 3.45. The zero-order valence-corrected chi connectivity index (χ0v) is 10.9. The molecule has 0 spiro atoms. The van der Waals surface area contributed by atoms with E-state index in [1.165, 1.54) is 18.6 Å². The van der Waals surface area contributed by atoms with Crippen LogP contribution in [0.25, 0.3) is 0 Å². The van der Waals surface area contributed by atoms with Crippen molar-refractivity contribution < 1.29 is 13.9 Å². The van der Waals surface area contributed by atoms with Crippen LogP contribution in [0.1, 0.15) is 37.7 Å². The Balaban J connectivity index is 1.94. The summed E-state index contributed by atoms with van der Waals surface area (Å²) in [5, 5.41) is 0.274. The highest BCUT2D eigenvalue weighted by Gasteiger charge is 2.19. The summed E-state index contributed by atoms with van der Waals surface area (Å²) in [6.07, 6.45) is 5.12. The van der Waals surface area contributed by atoms with Crippen molar-refractivity contribution in [2.24, 2.45) is 0 Å². The standard InChI is InChI=1S/C14H16ClFO2/c15-12-7-4-8-13(16)11(12)9-14(17)18-10-5-2-1-3-6-10/h4,7-8,10H,1-3,5-6,9H2. The lowest BCUT2D eigenvalue weighted by Gasteiger charge is -2.21. The molecule has 0 radical (unpaired) electrons. The predicted octanol–water partition coefficient (Wildman–Crippen LogP) is 3.90. The van der Waals surface area contributed by atoms with Gasteiger partial charge in [0.25, 0.3) is 0 Å². The Bertz CT molecular complexity index is 408. The second-order valence-corrected chi connectivity index (χ2v) is 5.03. The molecule has 98 valence electrons. The van der Waals surface area contributed by atoms with Gasteiger partial charge in [-0.1, -0.05) is 24.1 Å². The second kappa shape index (κ2) is 6.19. The molecule has 0 unspecified atom stereocenters. The molecule has 1 aliphatic carbocycles. The first-order valence-corrected chi connectivity index (χ1v) is 6.67. The minimum atomic E-state index is -0.455. The van der Waals surface area contributed by atoms with Crippen LogP contribution in [0.15, 0.2) is 18.2 Å². The monoisotopic (exact) mass is 270 g/mol. The van der Waals surface area contributed by atoms with Gasteiger partial charge >= 0.3 is 5.97 Å². The number of ether oxygens (including phenoxy) is 1. The van der Waals surface area contributed by atoms with E-state index in [0.29, 0.717) is 0 Å². The van der Waals surface area contributed by atoms with Crippen LogP contribution in [0, 0.1) is 5.82 Å². The Morgan fingerprint density at radius 3 is 2.72 bits per heavy atom. The molecule has 0 N–H and O–H groups in total. The number of carbonyl (C=O) groups excluding carboxylic acids is 1. The van der Waals surface area contributed by atoms with E-state index in [2.05, 4.69) is 0 Å². The van der Waals surface area contributed by atoms with E-state index in [1.54, 1.807) is 6.07 Å². The van der Waals surface area contributed by atoms with Crippen LogP contribution in [0.2, 0.25) is 5.02 Å². The maximum Gasteiger partial charge on any atom is 0.310 e. The molecule has 4 heteroatoms. The second-order valence-electron chi connectivity index (χ2n) is 4.63. The molecule has 0 amide bonds. The van der Waals surface area contributed by atoms with E-state index in [-0.39, 0.29) is 23.1 Å². The van der Waals surface area contributed by atoms with Crippen molar-refractivity contribution in [1.82, 2.24) is 0 Å². The fourth-order valence-electron chi connectivity index (χ4n) is 2.26. The molecule has 18 heavy (non-hydrogen) atoms. The zero-order valence-electron chi connectivity index (χ0n) is 10.1. The fraction of sp³-hybridized carbons (Fsp3) is 0.500. The molecule has 1 fully saturated rings. The van der Waals surface area contributed by atoms with Gasteiger partial charge in [-0.2, -0.15) is 0 Å². The van der Waals surface area contributed by atoms with Crippen molar-refractivity contribution in [2.45, 2.75) is 44.6 Å². The van der Waals surface area contributed by atoms with Gasteiger partial charge in [-0.15, -0.1) is 0 Å². The van der Waals surface area contributed by atoms with Crippen LogP contribution < -0.4 is 0 Å². The van der Waals surface area contributed by atoms with Gasteiger partial charge in [-0.25, -0.2) is 4.39 Å².